The number of nitrogens with two attached hydrogens (primary N) is 1. The van der Waals surface area contributed by atoms with Crippen molar-refractivity contribution in [3.63, 3.8) is 0 Å². The first-order chi connectivity index (χ1) is 21.1. The summed E-state index contributed by atoms with van der Waals surface area (Å²) >= 11 is 0. The van der Waals surface area contributed by atoms with Gasteiger partial charge in [0.15, 0.2) is 0 Å². The van der Waals surface area contributed by atoms with Gasteiger partial charge in [-0.05, 0) is 41.8 Å². The van der Waals surface area contributed by atoms with E-state index in [1.807, 2.05) is 6.07 Å². The largest absolute Gasteiger partial charge is 0.381 e. The molecule has 2 aliphatic rings. The van der Waals surface area contributed by atoms with Crippen LogP contribution in [-0.2, 0) is 15.2 Å². The van der Waals surface area contributed by atoms with E-state index < -0.39 is 17.3 Å². The number of benzene rings is 1. The lowest BCUT2D eigenvalue weighted by atomic mass is 9.87. The number of fused-ring (bicyclic) bond motifs is 1. The average Bonchev–Trinajstić information content (AvgIpc) is 3.38. The molecule has 232 valence electrons. The number of piperidine rings is 1. The maximum absolute atomic E-state index is 15.4. The molecule has 4 aromatic rings. The molecule has 0 radical (unpaired) electrons. The average molecular weight is 609 g/mol. The Hall–Kier alpha value is -4.23. The van der Waals surface area contributed by atoms with E-state index in [1.54, 1.807) is 36.6 Å². The lowest BCUT2D eigenvalue weighted by molar-refractivity contribution is -0.131. The zero-order chi connectivity index (χ0) is 31.2. The minimum Gasteiger partial charge on any atom is -0.381 e. The number of pyridine rings is 1. The van der Waals surface area contributed by atoms with E-state index in [4.69, 9.17) is 10.5 Å². The SMILES string of the molecule is CC(=O)N(C)C1C(C)CN(c2ccncc2Nc2ncc3ccc(-c4c(F)cc(C5(F)CCOCC5)cc4F)nn23)CC1N. The zero-order valence-electron chi connectivity index (χ0n) is 24.8. The van der Waals surface area contributed by atoms with Gasteiger partial charge < -0.3 is 25.6 Å². The quantitative estimate of drug-likeness (QED) is 0.331. The van der Waals surface area contributed by atoms with Crippen molar-refractivity contribution in [3.05, 3.63) is 66.1 Å². The molecule has 3 unspecified atom stereocenters. The summed E-state index contributed by atoms with van der Waals surface area (Å²) in [5, 5.41) is 7.77. The number of carbonyl (C=O) groups is 1. The van der Waals surface area contributed by atoms with Gasteiger partial charge in [-0.3, -0.25) is 9.78 Å². The molecule has 6 rings (SSSR count). The van der Waals surface area contributed by atoms with Gasteiger partial charge in [-0.1, -0.05) is 6.92 Å². The maximum atomic E-state index is 15.4. The number of ether oxygens (including phenoxy) is 1. The number of anilines is 3. The Kier molecular flexibility index (Phi) is 7.93. The summed E-state index contributed by atoms with van der Waals surface area (Å²) in [6.45, 7) is 5.15. The van der Waals surface area contributed by atoms with Crippen LogP contribution in [0.5, 0.6) is 0 Å². The van der Waals surface area contributed by atoms with Gasteiger partial charge in [-0.15, -0.1) is 0 Å². The number of hydrogen-bond donors (Lipinski definition) is 2. The molecule has 2 fully saturated rings. The van der Waals surface area contributed by atoms with Crippen molar-refractivity contribution in [3.8, 4) is 11.3 Å². The van der Waals surface area contributed by atoms with E-state index in [0.29, 0.717) is 30.2 Å². The predicted octanol–water partition coefficient (Wildman–Crippen LogP) is 4.42. The highest BCUT2D eigenvalue weighted by Gasteiger charge is 2.37. The molecule has 3 N–H and O–H groups in total. The van der Waals surface area contributed by atoms with Crippen LogP contribution in [0.25, 0.3) is 16.8 Å². The Labute approximate surface area is 253 Å². The lowest BCUT2D eigenvalue weighted by Gasteiger charge is -2.46. The zero-order valence-corrected chi connectivity index (χ0v) is 24.8. The number of likely N-dealkylation sites (N-methyl/N-ethyl adjacent to an activating group) is 1. The highest BCUT2D eigenvalue weighted by Crippen LogP contribution is 2.39. The van der Waals surface area contributed by atoms with Crippen molar-refractivity contribution in [2.24, 2.45) is 11.7 Å². The number of halogens is 3. The number of aromatic nitrogens is 4. The summed E-state index contributed by atoms with van der Waals surface area (Å²) in [5.74, 6) is -1.42. The van der Waals surface area contributed by atoms with E-state index >= 15 is 13.2 Å². The summed E-state index contributed by atoms with van der Waals surface area (Å²) in [6.07, 6.45) is 5.00. The second-order valence-corrected chi connectivity index (χ2v) is 11.7. The minimum atomic E-state index is -1.85. The topological polar surface area (TPSA) is 114 Å². The third kappa shape index (κ3) is 5.45. The Balaban J connectivity index is 1.29. The van der Waals surface area contributed by atoms with E-state index in [1.165, 1.54) is 17.5 Å². The molecule has 5 heterocycles. The smallest absolute Gasteiger partial charge is 0.229 e. The van der Waals surface area contributed by atoms with Crippen molar-refractivity contribution >= 4 is 28.7 Å². The van der Waals surface area contributed by atoms with Gasteiger partial charge in [0.2, 0.25) is 11.9 Å². The van der Waals surface area contributed by atoms with Crippen molar-refractivity contribution < 1.29 is 22.7 Å². The summed E-state index contributed by atoms with van der Waals surface area (Å²) < 4.78 is 52.9. The molecular formula is C31H35F3N8O2. The number of alkyl halides is 1. The molecule has 1 aromatic carbocycles. The van der Waals surface area contributed by atoms with Gasteiger partial charge in [0, 0.05) is 65.4 Å². The number of rotatable bonds is 6. The highest BCUT2D eigenvalue weighted by atomic mass is 19.1. The van der Waals surface area contributed by atoms with Crippen molar-refractivity contribution in [2.45, 2.75) is 44.4 Å². The van der Waals surface area contributed by atoms with Gasteiger partial charge >= 0.3 is 0 Å². The van der Waals surface area contributed by atoms with E-state index in [-0.39, 0.29) is 66.8 Å². The lowest BCUT2D eigenvalue weighted by Crippen LogP contribution is -2.62. The van der Waals surface area contributed by atoms with Crippen LogP contribution in [0.2, 0.25) is 0 Å². The normalized spacial score (nSPS) is 21.8. The van der Waals surface area contributed by atoms with Gasteiger partial charge in [0.25, 0.3) is 0 Å². The van der Waals surface area contributed by atoms with E-state index in [2.05, 4.69) is 32.2 Å². The number of amides is 1. The molecule has 10 nitrogen and oxygen atoms in total. The number of carbonyl (C=O) groups excluding carboxylic acids is 1. The molecule has 0 saturated carbocycles. The van der Waals surface area contributed by atoms with Crippen LogP contribution in [0.3, 0.4) is 0 Å². The molecular weight excluding hydrogens is 573 g/mol. The molecule has 13 heteroatoms. The monoisotopic (exact) mass is 608 g/mol. The Morgan fingerprint density at radius 2 is 1.86 bits per heavy atom. The Bertz CT molecular complexity index is 1660. The summed E-state index contributed by atoms with van der Waals surface area (Å²) in [4.78, 5) is 24.6. The molecule has 3 atom stereocenters. The molecule has 0 spiro atoms. The fourth-order valence-electron chi connectivity index (χ4n) is 6.43. The number of nitrogens with zero attached hydrogens (tertiary/aromatic N) is 6. The van der Waals surface area contributed by atoms with Crippen LogP contribution in [0.4, 0.5) is 30.5 Å². The van der Waals surface area contributed by atoms with Crippen molar-refractivity contribution in [1.82, 2.24) is 24.5 Å². The highest BCUT2D eigenvalue weighted by molar-refractivity contribution is 5.75. The first-order valence-electron chi connectivity index (χ1n) is 14.6. The van der Waals surface area contributed by atoms with Crippen molar-refractivity contribution in [1.29, 1.82) is 0 Å². The molecule has 2 aliphatic heterocycles. The van der Waals surface area contributed by atoms with Gasteiger partial charge in [0.05, 0.1) is 46.6 Å². The Morgan fingerprint density at radius 3 is 2.55 bits per heavy atom. The third-order valence-corrected chi connectivity index (χ3v) is 8.78. The maximum Gasteiger partial charge on any atom is 0.229 e. The molecule has 0 bridgehead atoms. The summed E-state index contributed by atoms with van der Waals surface area (Å²) in [6, 6.07) is 6.75. The van der Waals surface area contributed by atoms with E-state index in [0.717, 1.165) is 17.8 Å². The molecule has 1 amide bonds. The first-order valence-corrected chi connectivity index (χ1v) is 14.6. The van der Waals surface area contributed by atoms with Crippen LogP contribution in [0.1, 0.15) is 32.3 Å². The first kappa shape index (κ1) is 29.8. The second kappa shape index (κ2) is 11.7. The standard InChI is InChI=1S/C31H35F3N8O2/c1-18-16-41(17-24(35)29(18)40(3)19(2)43)27-6-9-36-15-26(27)38-30-37-14-21-4-5-25(39-42(21)30)28-22(32)12-20(13-23(28)33)31(34)7-10-44-11-8-31/h4-6,9,12-15,18,24,29H,7-8,10-11,16-17,35H2,1-3H3,(H,37,38). The minimum absolute atomic E-state index is 0.0304. The van der Waals surface area contributed by atoms with E-state index in [9.17, 15) is 4.79 Å². The van der Waals surface area contributed by atoms with Gasteiger partial charge in [-0.2, -0.15) is 9.61 Å². The van der Waals surface area contributed by atoms with Crippen molar-refractivity contribution in [2.75, 3.05) is 43.6 Å². The van der Waals surface area contributed by atoms with Gasteiger partial charge in [0.1, 0.15) is 17.3 Å². The van der Waals surface area contributed by atoms with Crippen LogP contribution in [0.15, 0.2) is 48.9 Å². The van der Waals surface area contributed by atoms with Crippen LogP contribution >= 0.6 is 0 Å². The van der Waals surface area contributed by atoms with Gasteiger partial charge in [-0.25, -0.2) is 18.2 Å². The number of imidazole rings is 1. The fraction of sp³-hybridized carbons (Fsp3) is 0.419. The number of hydrogen-bond acceptors (Lipinski definition) is 8. The van der Waals surface area contributed by atoms with Crippen LogP contribution in [-0.4, -0.2) is 75.8 Å². The fourth-order valence-corrected chi connectivity index (χ4v) is 6.43. The number of nitrogens with one attached hydrogen (secondary N) is 1. The predicted molar refractivity (Wildman–Crippen MR) is 160 cm³/mol. The third-order valence-electron chi connectivity index (χ3n) is 8.78. The molecule has 0 aliphatic carbocycles. The molecule has 2 saturated heterocycles. The Morgan fingerprint density at radius 1 is 1.14 bits per heavy atom. The molecule has 44 heavy (non-hydrogen) atoms. The van der Waals surface area contributed by atoms with Crippen LogP contribution in [0, 0.1) is 17.6 Å². The second-order valence-electron chi connectivity index (χ2n) is 11.7. The summed E-state index contributed by atoms with van der Waals surface area (Å²) in [7, 11) is 1.78. The molecule has 3 aromatic heterocycles. The summed E-state index contributed by atoms with van der Waals surface area (Å²) in [5.41, 5.74) is 6.41. The van der Waals surface area contributed by atoms with Crippen LogP contribution < -0.4 is 16.0 Å².